The Labute approximate surface area is 158 Å². The maximum Gasteiger partial charge on any atom is 0.218 e. The highest BCUT2D eigenvalue weighted by molar-refractivity contribution is 7.88. The van der Waals surface area contributed by atoms with Gasteiger partial charge in [-0.15, -0.1) is 0 Å². The van der Waals surface area contributed by atoms with Crippen LogP contribution in [-0.2, 0) is 15.8 Å². The number of nitrogens with one attached hydrogen (secondary N) is 1. The molecule has 3 heterocycles. The van der Waals surface area contributed by atoms with Crippen molar-refractivity contribution < 1.29 is 8.42 Å². The highest BCUT2D eigenvalue weighted by Crippen LogP contribution is 2.20. The van der Waals surface area contributed by atoms with E-state index in [0.717, 1.165) is 29.7 Å². The van der Waals surface area contributed by atoms with Crippen molar-refractivity contribution >= 4 is 27.0 Å². The van der Waals surface area contributed by atoms with Crippen molar-refractivity contribution in [3.05, 3.63) is 60.4 Å². The first-order valence-corrected chi connectivity index (χ1v) is 10.6. The molecule has 2 aromatic heterocycles. The van der Waals surface area contributed by atoms with Crippen molar-refractivity contribution in [3.63, 3.8) is 0 Å². The summed E-state index contributed by atoms with van der Waals surface area (Å²) in [4.78, 5) is 12.9. The predicted molar refractivity (Wildman–Crippen MR) is 105 cm³/mol. The van der Waals surface area contributed by atoms with E-state index in [1.807, 2.05) is 42.5 Å². The summed E-state index contributed by atoms with van der Waals surface area (Å²) in [6.07, 6.45) is 4.75. The molecule has 0 unspecified atom stereocenters. The third-order valence-corrected chi connectivity index (χ3v) is 6.57. The van der Waals surface area contributed by atoms with Crippen LogP contribution in [0.2, 0.25) is 0 Å². The van der Waals surface area contributed by atoms with Crippen LogP contribution in [0.3, 0.4) is 0 Å². The molecule has 1 aliphatic heterocycles. The normalized spacial score (nSPS) is 16.4. The number of hydrogen-bond donors (Lipinski definition) is 1. The number of piperidine rings is 1. The SMILES string of the molecule is O=S(=O)(Cc1ccccc1)N1CCC(Nc2ccc3nccnc3n2)CC1. The highest BCUT2D eigenvalue weighted by atomic mass is 32.2. The van der Waals surface area contributed by atoms with Crippen molar-refractivity contribution in [2.75, 3.05) is 18.4 Å². The first-order valence-electron chi connectivity index (χ1n) is 8.96. The molecule has 0 spiro atoms. The summed E-state index contributed by atoms with van der Waals surface area (Å²) in [5.74, 6) is 0.796. The van der Waals surface area contributed by atoms with Crippen LogP contribution in [0.15, 0.2) is 54.9 Å². The third-order valence-electron chi connectivity index (χ3n) is 4.72. The van der Waals surface area contributed by atoms with Gasteiger partial charge in [-0.1, -0.05) is 30.3 Å². The van der Waals surface area contributed by atoms with Gasteiger partial charge in [-0.05, 0) is 30.5 Å². The second-order valence-electron chi connectivity index (χ2n) is 6.66. The lowest BCUT2D eigenvalue weighted by Gasteiger charge is -2.32. The van der Waals surface area contributed by atoms with E-state index >= 15 is 0 Å². The number of fused-ring (bicyclic) bond motifs is 1. The second kappa shape index (κ2) is 7.58. The van der Waals surface area contributed by atoms with Crippen LogP contribution in [0.5, 0.6) is 0 Å². The topological polar surface area (TPSA) is 88.1 Å². The molecule has 1 aliphatic rings. The lowest BCUT2D eigenvalue weighted by atomic mass is 10.1. The zero-order chi connectivity index (χ0) is 18.7. The third kappa shape index (κ3) is 4.23. The van der Waals surface area contributed by atoms with Crippen molar-refractivity contribution in [2.24, 2.45) is 0 Å². The van der Waals surface area contributed by atoms with Crippen LogP contribution >= 0.6 is 0 Å². The second-order valence-corrected chi connectivity index (χ2v) is 8.62. The molecular formula is C19H21N5O2S. The Morgan fingerprint density at radius 1 is 1.00 bits per heavy atom. The van der Waals surface area contributed by atoms with E-state index in [4.69, 9.17) is 0 Å². The van der Waals surface area contributed by atoms with Gasteiger partial charge in [0.25, 0.3) is 0 Å². The Balaban J connectivity index is 1.36. The molecule has 0 aliphatic carbocycles. The molecule has 0 bridgehead atoms. The number of rotatable bonds is 5. The fourth-order valence-corrected chi connectivity index (χ4v) is 4.86. The van der Waals surface area contributed by atoms with Crippen molar-refractivity contribution in [2.45, 2.75) is 24.6 Å². The van der Waals surface area contributed by atoms with Gasteiger partial charge in [0.1, 0.15) is 11.3 Å². The van der Waals surface area contributed by atoms with Gasteiger partial charge in [-0.25, -0.2) is 22.7 Å². The summed E-state index contributed by atoms with van der Waals surface area (Å²) < 4.78 is 26.9. The van der Waals surface area contributed by atoms with Crippen LogP contribution in [0.4, 0.5) is 5.82 Å². The van der Waals surface area contributed by atoms with Crippen molar-refractivity contribution in [1.29, 1.82) is 0 Å². The van der Waals surface area contributed by atoms with E-state index in [2.05, 4.69) is 20.3 Å². The lowest BCUT2D eigenvalue weighted by Crippen LogP contribution is -2.42. The van der Waals surface area contributed by atoms with Gasteiger partial charge in [0.15, 0.2) is 5.65 Å². The van der Waals surface area contributed by atoms with E-state index < -0.39 is 10.0 Å². The summed E-state index contributed by atoms with van der Waals surface area (Å²) in [5.41, 5.74) is 2.18. The fraction of sp³-hybridized carbons (Fsp3) is 0.316. The molecule has 0 atom stereocenters. The van der Waals surface area contributed by atoms with E-state index in [-0.39, 0.29) is 11.8 Å². The molecule has 3 aromatic rings. The molecule has 27 heavy (non-hydrogen) atoms. The summed E-state index contributed by atoms with van der Waals surface area (Å²) in [6.45, 7) is 1.03. The van der Waals surface area contributed by atoms with Gasteiger partial charge in [0, 0.05) is 31.5 Å². The molecular weight excluding hydrogens is 362 g/mol. The number of sulfonamides is 1. The zero-order valence-corrected chi connectivity index (χ0v) is 15.6. The molecule has 4 rings (SSSR count). The Hall–Kier alpha value is -2.58. The van der Waals surface area contributed by atoms with Crippen LogP contribution < -0.4 is 5.32 Å². The average molecular weight is 383 g/mol. The fourth-order valence-electron chi connectivity index (χ4n) is 3.30. The maximum atomic E-state index is 12.6. The van der Waals surface area contributed by atoms with Gasteiger partial charge in [-0.3, -0.25) is 4.98 Å². The summed E-state index contributed by atoms with van der Waals surface area (Å²) >= 11 is 0. The van der Waals surface area contributed by atoms with Gasteiger partial charge in [0.05, 0.1) is 5.75 Å². The number of nitrogens with zero attached hydrogens (tertiary/aromatic N) is 4. The minimum Gasteiger partial charge on any atom is -0.367 e. The molecule has 7 nitrogen and oxygen atoms in total. The van der Waals surface area contributed by atoms with Crippen LogP contribution in [-0.4, -0.2) is 46.8 Å². The first-order chi connectivity index (χ1) is 13.1. The van der Waals surface area contributed by atoms with Gasteiger partial charge in [0.2, 0.25) is 10.0 Å². The Morgan fingerprint density at radius 3 is 2.52 bits per heavy atom. The standard InChI is InChI=1S/C19H21N5O2S/c25-27(26,14-15-4-2-1-3-5-15)24-12-8-16(9-13-24)22-18-7-6-17-19(23-18)21-11-10-20-17/h1-7,10-11,16H,8-9,12-14H2,(H,21,22,23). The molecule has 1 fully saturated rings. The van der Waals surface area contributed by atoms with Gasteiger partial charge in [-0.2, -0.15) is 0 Å². The van der Waals surface area contributed by atoms with Crippen molar-refractivity contribution in [3.8, 4) is 0 Å². The lowest BCUT2D eigenvalue weighted by molar-refractivity contribution is 0.329. The molecule has 0 radical (unpaired) electrons. The van der Waals surface area contributed by atoms with E-state index in [1.54, 1.807) is 16.7 Å². The molecule has 8 heteroatoms. The van der Waals surface area contributed by atoms with Gasteiger partial charge >= 0.3 is 0 Å². The smallest absolute Gasteiger partial charge is 0.218 e. The number of benzene rings is 1. The Morgan fingerprint density at radius 2 is 1.74 bits per heavy atom. The average Bonchev–Trinajstić information content (AvgIpc) is 2.69. The zero-order valence-electron chi connectivity index (χ0n) is 14.8. The quantitative estimate of drug-likeness (QED) is 0.728. The minimum absolute atomic E-state index is 0.0524. The van der Waals surface area contributed by atoms with Crippen LogP contribution in [0, 0.1) is 0 Å². The molecule has 0 saturated carbocycles. The number of pyridine rings is 1. The molecule has 1 saturated heterocycles. The number of hydrogen-bond acceptors (Lipinski definition) is 6. The Bertz CT molecular complexity index is 1020. The van der Waals surface area contributed by atoms with E-state index in [9.17, 15) is 8.42 Å². The number of anilines is 1. The highest BCUT2D eigenvalue weighted by Gasteiger charge is 2.28. The van der Waals surface area contributed by atoms with Crippen LogP contribution in [0.25, 0.3) is 11.2 Å². The monoisotopic (exact) mass is 383 g/mol. The summed E-state index contributed by atoms with van der Waals surface area (Å²) in [6, 6.07) is 13.3. The molecule has 140 valence electrons. The van der Waals surface area contributed by atoms with Crippen LogP contribution in [0.1, 0.15) is 18.4 Å². The Kier molecular flexibility index (Phi) is 5.00. The minimum atomic E-state index is -3.29. The predicted octanol–water partition coefficient (Wildman–Crippen LogP) is 2.43. The largest absolute Gasteiger partial charge is 0.367 e. The molecule has 1 aromatic carbocycles. The van der Waals surface area contributed by atoms with Crippen molar-refractivity contribution in [1.82, 2.24) is 19.3 Å². The van der Waals surface area contributed by atoms with Gasteiger partial charge < -0.3 is 5.32 Å². The molecule has 0 amide bonds. The first kappa shape index (κ1) is 17.8. The number of aromatic nitrogens is 3. The summed E-state index contributed by atoms with van der Waals surface area (Å²) in [5, 5.41) is 3.39. The molecule has 1 N–H and O–H groups in total. The van der Waals surface area contributed by atoms with E-state index in [1.165, 1.54) is 0 Å². The maximum absolute atomic E-state index is 12.6. The van der Waals surface area contributed by atoms with E-state index in [0.29, 0.717) is 18.7 Å². The summed E-state index contributed by atoms with van der Waals surface area (Å²) in [7, 11) is -3.29.